The summed E-state index contributed by atoms with van der Waals surface area (Å²) < 4.78 is 2.70. The summed E-state index contributed by atoms with van der Waals surface area (Å²) in [5, 5.41) is 13.7. The molecule has 1 N–H and O–H groups in total. The SMILES string of the molecule is O=C1NC(=O)N(c2ccc(Br)cc2)C(=O)/C1=C\c1cc(-c2ccccc2)n(-c2ccc([N+](=O)[O-])cc2)c1-c1ccccc1. The van der Waals surface area contributed by atoms with Crippen molar-refractivity contribution in [2.24, 2.45) is 0 Å². The number of carbonyl (C=O) groups excluding carboxylic acids is 3. The van der Waals surface area contributed by atoms with E-state index in [4.69, 9.17) is 0 Å². The topological polar surface area (TPSA) is 115 Å². The fraction of sp³-hybridized carbons (Fsp3) is 0. The summed E-state index contributed by atoms with van der Waals surface area (Å²) in [6.07, 6.45) is 1.48. The van der Waals surface area contributed by atoms with Gasteiger partial charge in [0.2, 0.25) is 0 Å². The van der Waals surface area contributed by atoms with Crippen LogP contribution in [-0.2, 0) is 9.59 Å². The highest BCUT2D eigenvalue weighted by atomic mass is 79.9. The lowest BCUT2D eigenvalue weighted by Crippen LogP contribution is -2.54. The van der Waals surface area contributed by atoms with E-state index >= 15 is 0 Å². The lowest BCUT2D eigenvalue weighted by Gasteiger charge is -2.26. The van der Waals surface area contributed by atoms with Crippen molar-refractivity contribution in [1.82, 2.24) is 9.88 Å². The van der Waals surface area contributed by atoms with E-state index in [9.17, 15) is 24.5 Å². The van der Waals surface area contributed by atoms with Crippen molar-refractivity contribution in [3.05, 3.63) is 141 Å². The van der Waals surface area contributed by atoms with E-state index in [2.05, 4.69) is 21.2 Å². The van der Waals surface area contributed by atoms with Gasteiger partial charge in [-0.3, -0.25) is 25.0 Å². The van der Waals surface area contributed by atoms with E-state index in [-0.39, 0.29) is 11.3 Å². The molecule has 0 radical (unpaired) electrons. The molecule has 0 aliphatic carbocycles. The second-order valence-electron chi connectivity index (χ2n) is 9.61. The van der Waals surface area contributed by atoms with Crippen molar-refractivity contribution in [3.63, 3.8) is 0 Å². The molecule has 0 unspecified atom stereocenters. The average Bonchev–Trinajstić information content (AvgIpc) is 3.40. The highest BCUT2D eigenvalue weighted by molar-refractivity contribution is 9.10. The molecule has 0 spiro atoms. The van der Waals surface area contributed by atoms with Crippen LogP contribution in [0.15, 0.2) is 125 Å². The van der Waals surface area contributed by atoms with Crippen LogP contribution >= 0.6 is 15.9 Å². The van der Waals surface area contributed by atoms with Crippen LogP contribution in [0.2, 0.25) is 0 Å². The third-order valence-electron chi connectivity index (χ3n) is 6.95. The van der Waals surface area contributed by atoms with Gasteiger partial charge in [0.1, 0.15) is 5.57 Å². The van der Waals surface area contributed by atoms with Crippen molar-refractivity contribution >= 4 is 51.2 Å². The van der Waals surface area contributed by atoms with E-state index in [1.54, 1.807) is 36.4 Å². The van der Waals surface area contributed by atoms with E-state index in [0.717, 1.165) is 26.2 Å². The first-order valence-corrected chi connectivity index (χ1v) is 13.9. The minimum Gasteiger partial charge on any atom is -0.309 e. The molecular weight excluding hydrogens is 612 g/mol. The fourth-order valence-electron chi connectivity index (χ4n) is 4.98. The van der Waals surface area contributed by atoms with Crippen LogP contribution in [0.25, 0.3) is 34.3 Å². The Hall–Kier alpha value is -5.61. The smallest absolute Gasteiger partial charge is 0.309 e. The Kier molecular flexibility index (Phi) is 7.27. The summed E-state index contributed by atoms with van der Waals surface area (Å²) >= 11 is 3.35. The number of halogens is 1. The Morgan fingerprint density at radius 2 is 1.33 bits per heavy atom. The zero-order valence-corrected chi connectivity index (χ0v) is 23.9. The number of hydrogen-bond donors (Lipinski definition) is 1. The summed E-state index contributed by atoms with van der Waals surface area (Å²) in [7, 11) is 0. The number of barbiturate groups is 1. The van der Waals surface area contributed by atoms with Gasteiger partial charge in [-0.05, 0) is 59.7 Å². The lowest BCUT2D eigenvalue weighted by molar-refractivity contribution is -0.384. The number of aromatic nitrogens is 1. The Balaban J connectivity index is 1.59. The predicted molar refractivity (Wildman–Crippen MR) is 166 cm³/mol. The summed E-state index contributed by atoms with van der Waals surface area (Å²) in [4.78, 5) is 51.4. The number of nitro benzene ring substituents is 1. The third kappa shape index (κ3) is 5.27. The number of imide groups is 2. The molecular formula is C33H21BrN4O5. The first-order valence-electron chi connectivity index (χ1n) is 13.1. The molecule has 2 heterocycles. The maximum atomic E-state index is 13.7. The van der Waals surface area contributed by atoms with Gasteiger partial charge >= 0.3 is 6.03 Å². The van der Waals surface area contributed by atoms with E-state index < -0.39 is 22.8 Å². The zero-order valence-electron chi connectivity index (χ0n) is 22.3. The molecule has 43 heavy (non-hydrogen) atoms. The molecule has 4 amide bonds. The van der Waals surface area contributed by atoms with Gasteiger partial charge in [0, 0.05) is 27.9 Å². The number of hydrogen-bond acceptors (Lipinski definition) is 5. The normalized spacial score (nSPS) is 14.2. The number of anilines is 1. The molecule has 5 aromatic rings. The number of benzene rings is 4. The van der Waals surface area contributed by atoms with Crippen LogP contribution in [0.3, 0.4) is 0 Å². The average molecular weight is 633 g/mol. The van der Waals surface area contributed by atoms with Crippen LogP contribution < -0.4 is 10.2 Å². The molecule has 1 fully saturated rings. The summed E-state index contributed by atoms with van der Waals surface area (Å²) in [6, 6.07) is 32.7. The Morgan fingerprint density at radius 3 is 1.93 bits per heavy atom. The number of nitrogens with zero attached hydrogens (tertiary/aromatic N) is 3. The molecule has 4 aromatic carbocycles. The highest BCUT2D eigenvalue weighted by Crippen LogP contribution is 2.38. The molecule has 9 nitrogen and oxygen atoms in total. The summed E-state index contributed by atoms with van der Waals surface area (Å²) in [6.45, 7) is 0. The minimum atomic E-state index is -0.842. The molecule has 6 rings (SSSR count). The van der Waals surface area contributed by atoms with Gasteiger partial charge in [0.25, 0.3) is 17.5 Å². The monoisotopic (exact) mass is 632 g/mol. The standard InChI is InChI=1S/C33H21BrN4O5/c34-24-11-13-26(14-12-24)37-32(40)28(31(39)35-33(37)41)19-23-20-29(21-7-3-1-4-8-21)36(30(23)22-9-5-2-6-10-22)25-15-17-27(18-16-25)38(42)43/h1-20H,(H,35,39,41)/b28-19-. The first kappa shape index (κ1) is 27.6. The zero-order chi connectivity index (χ0) is 30.1. The number of rotatable bonds is 6. The summed E-state index contributed by atoms with van der Waals surface area (Å²) in [5.74, 6) is -1.58. The number of amides is 4. The van der Waals surface area contributed by atoms with E-state index in [1.807, 2.05) is 71.3 Å². The van der Waals surface area contributed by atoms with Crippen molar-refractivity contribution in [3.8, 4) is 28.2 Å². The van der Waals surface area contributed by atoms with Crippen LogP contribution in [0.5, 0.6) is 0 Å². The molecule has 0 bridgehead atoms. The number of nitrogens with one attached hydrogen (secondary N) is 1. The number of carbonyl (C=O) groups is 3. The van der Waals surface area contributed by atoms with Gasteiger partial charge < -0.3 is 4.57 Å². The minimum absolute atomic E-state index is 0.0528. The first-order chi connectivity index (χ1) is 20.8. The predicted octanol–water partition coefficient (Wildman–Crippen LogP) is 7.15. The second-order valence-corrected chi connectivity index (χ2v) is 10.5. The second kappa shape index (κ2) is 11.3. The molecule has 0 atom stereocenters. The highest BCUT2D eigenvalue weighted by Gasteiger charge is 2.37. The number of urea groups is 1. The molecule has 10 heteroatoms. The third-order valence-corrected chi connectivity index (χ3v) is 7.48. The number of nitro groups is 1. The molecule has 1 saturated heterocycles. The van der Waals surface area contributed by atoms with Crippen LogP contribution in [0.4, 0.5) is 16.2 Å². The molecule has 1 aliphatic heterocycles. The lowest BCUT2D eigenvalue weighted by atomic mass is 10.0. The van der Waals surface area contributed by atoms with Gasteiger partial charge in [0.15, 0.2) is 0 Å². The summed E-state index contributed by atoms with van der Waals surface area (Å²) in [5.41, 5.74) is 4.20. The Bertz CT molecular complexity index is 1920. The number of non-ortho nitro benzene ring substituents is 1. The van der Waals surface area contributed by atoms with Gasteiger partial charge in [-0.15, -0.1) is 0 Å². The van der Waals surface area contributed by atoms with Crippen LogP contribution in [-0.4, -0.2) is 27.3 Å². The van der Waals surface area contributed by atoms with E-state index in [0.29, 0.717) is 22.6 Å². The van der Waals surface area contributed by atoms with Gasteiger partial charge in [-0.25, -0.2) is 9.69 Å². The maximum Gasteiger partial charge on any atom is 0.335 e. The van der Waals surface area contributed by atoms with Crippen molar-refractivity contribution in [2.45, 2.75) is 0 Å². The Labute approximate surface area is 254 Å². The molecule has 1 aliphatic rings. The van der Waals surface area contributed by atoms with Crippen molar-refractivity contribution in [1.29, 1.82) is 0 Å². The fourth-order valence-corrected chi connectivity index (χ4v) is 5.25. The van der Waals surface area contributed by atoms with Crippen LogP contribution in [0, 0.1) is 10.1 Å². The van der Waals surface area contributed by atoms with Crippen LogP contribution in [0.1, 0.15) is 5.56 Å². The Morgan fingerprint density at radius 1 is 0.744 bits per heavy atom. The maximum absolute atomic E-state index is 13.7. The van der Waals surface area contributed by atoms with Crippen molar-refractivity contribution in [2.75, 3.05) is 4.90 Å². The molecule has 210 valence electrons. The largest absolute Gasteiger partial charge is 0.335 e. The molecule has 1 aromatic heterocycles. The van der Waals surface area contributed by atoms with Crippen molar-refractivity contribution < 1.29 is 19.3 Å². The van der Waals surface area contributed by atoms with Gasteiger partial charge in [-0.1, -0.05) is 76.6 Å². The van der Waals surface area contributed by atoms with Gasteiger partial charge in [-0.2, -0.15) is 0 Å². The van der Waals surface area contributed by atoms with Gasteiger partial charge in [0.05, 0.1) is 22.0 Å². The molecule has 0 saturated carbocycles. The van der Waals surface area contributed by atoms with E-state index in [1.165, 1.54) is 18.2 Å². The quantitative estimate of drug-likeness (QED) is 0.0924.